The van der Waals surface area contributed by atoms with E-state index < -0.39 is 0 Å². The van der Waals surface area contributed by atoms with Gasteiger partial charge in [0.2, 0.25) is 6.79 Å². The minimum Gasteiger partial charge on any atom is -0.454 e. The first-order valence-corrected chi connectivity index (χ1v) is 11.6. The lowest BCUT2D eigenvalue weighted by molar-refractivity contribution is 0.102. The maximum Gasteiger partial charge on any atom is 0.256 e. The van der Waals surface area contributed by atoms with E-state index in [1.807, 2.05) is 10.7 Å². The third-order valence-electron chi connectivity index (χ3n) is 6.23. The van der Waals surface area contributed by atoms with Gasteiger partial charge in [0.05, 0.1) is 12.2 Å². The molecule has 1 amide bonds. The predicted molar refractivity (Wildman–Crippen MR) is 125 cm³/mol. The van der Waals surface area contributed by atoms with Gasteiger partial charge in [0.25, 0.3) is 5.91 Å². The van der Waals surface area contributed by atoms with Gasteiger partial charge >= 0.3 is 0 Å². The van der Waals surface area contributed by atoms with Gasteiger partial charge in [-0.15, -0.1) is 0 Å². The molecule has 2 aliphatic heterocycles. The van der Waals surface area contributed by atoms with Crippen LogP contribution in [0.15, 0.2) is 42.1 Å². The first kappa shape index (κ1) is 22.4. The summed E-state index contributed by atoms with van der Waals surface area (Å²) in [5.74, 6) is 2.54. The monoisotopic (exact) mass is 438 g/mol. The molecule has 1 saturated heterocycles. The summed E-state index contributed by atoms with van der Waals surface area (Å²) in [5, 5.41) is 7.54. The molecular weight excluding hydrogens is 404 g/mol. The summed E-state index contributed by atoms with van der Waals surface area (Å²) in [5.41, 5.74) is 1.94. The smallest absolute Gasteiger partial charge is 0.256 e. The summed E-state index contributed by atoms with van der Waals surface area (Å²) < 4.78 is 12.7. The van der Waals surface area contributed by atoms with Crippen molar-refractivity contribution in [3.05, 3.63) is 47.7 Å². The maximum atomic E-state index is 12.8. The largest absolute Gasteiger partial charge is 0.454 e. The molecule has 1 atom stereocenters. The van der Waals surface area contributed by atoms with Gasteiger partial charge in [-0.1, -0.05) is 18.6 Å². The number of piperidine rings is 1. The maximum absolute atomic E-state index is 12.8. The van der Waals surface area contributed by atoms with E-state index in [-0.39, 0.29) is 12.7 Å². The van der Waals surface area contributed by atoms with E-state index in [2.05, 4.69) is 42.2 Å². The summed E-state index contributed by atoms with van der Waals surface area (Å²) in [4.78, 5) is 15.4. The Morgan fingerprint density at radius 1 is 1.22 bits per heavy atom. The van der Waals surface area contributed by atoms with Crippen LogP contribution in [-0.2, 0) is 0 Å². The van der Waals surface area contributed by atoms with Gasteiger partial charge < -0.3 is 19.7 Å². The lowest BCUT2D eigenvalue weighted by atomic mass is 10.0. The van der Waals surface area contributed by atoms with Crippen molar-refractivity contribution in [3.8, 4) is 11.5 Å². The van der Waals surface area contributed by atoms with Gasteiger partial charge in [-0.2, -0.15) is 5.10 Å². The Kier molecular flexibility index (Phi) is 7.15. The molecule has 1 N–H and O–H groups in total. The number of carbonyl (C=O) groups is 1. The van der Waals surface area contributed by atoms with Crippen molar-refractivity contribution in [2.24, 2.45) is 5.92 Å². The van der Waals surface area contributed by atoms with Crippen molar-refractivity contribution in [2.75, 3.05) is 31.7 Å². The fraction of sp³-hybridized carbons (Fsp3) is 0.520. The summed E-state index contributed by atoms with van der Waals surface area (Å²) >= 11 is 0. The highest BCUT2D eigenvalue weighted by atomic mass is 16.7. The molecule has 2 aliphatic rings. The predicted octanol–water partition coefficient (Wildman–Crippen LogP) is 4.88. The van der Waals surface area contributed by atoms with Crippen LogP contribution in [0.2, 0.25) is 0 Å². The third kappa shape index (κ3) is 5.51. The number of nitrogens with zero attached hydrogens (tertiary/aromatic N) is 3. The number of nitrogens with one attached hydrogen (secondary N) is 1. The minimum absolute atomic E-state index is 0.173. The normalized spacial score (nSPS) is 17.2. The zero-order valence-corrected chi connectivity index (χ0v) is 19.3. The van der Waals surface area contributed by atoms with Crippen LogP contribution in [0.1, 0.15) is 62.9 Å². The number of aromatic nitrogens is 2. The Bertz CT molecular complexity index is 956. The van der Waals surface area contributed by atoms with Crippen molar-refractivity contribution >= 4 is 11.7 Å². The summed E-state index contributed by atoms with van der Waals surface area (Å²) in [6.45, 7) is 10.1. The van der Waals surface area contributed by atoms with Crippen molar-refractivity contribution in [3.63, 3.8) is 0 Å². The highest BCUT2D eigenvalue weighted by Gasteiger charge is 2.24. The second kappa shape index (κ2) is 10.2. The number of rotatable bonds is 8. The Morgan fingerprint density at radius 3 is 2.78 bits per heavy atom. The molecule has 7 heteroatoms. The first-order valence-electron chi connectivity index (χ1n) is 11.6. The molecule has 4 rings (SSSR count). The van der Waals surface area contributed by atoms with Gasteiger partial charge in [-0.05, 0) is 63.6 Å². The Hall–Kier alpha value is -2.80. The number of hydrogen-bond acceptors (Lipinski definition) is 5. The van der Waals surface area contributed by atoms with E-state index in [0.29, 0.717) is 29.0 Å². The van der Waals surface area contributed by atoms with E-state index in [1.54, 1.807) is 24.4 Å². The molecular formula is C25H34N4O3. The molecule has 172 valence electrons. The van der Waals surface area contributed by atoms with Crippen LogP contribution < -0.4 is 14.8 Å². The summed E-state index contributed by atoms with van der Waals surface area (Å²) in [6.07, 6.45) is 8.57. The third-order valence-corrected chi connectivity index (χ3v) is 6.23. The number of fused-ring (bicyclic) bond motifs is 1. The molecule has 0 saturated carbocycles. The van der Waals surface area contributed by atoms with Gasteiger partial charge in [0.15, 0.2) is 11.5 Å². The van der Waals surface area contributed by atoms with Crippen molar-refractivity contribution in [2.45, 2.75) is 52.5 Å². The van der Waals surface area contributed by atoms with Crippen molar-refractivity contribution in [1.82, 2.24) is 14.7 Å². The second-order valence-corrected chi connectivity index (χ2v) is 9.18. The molecule has 3 heterocycles. The molecule has 2 aromatic rings. The number of benzene rings is 1. The molecule has 32 heavy (non-hydrogen) atoms. The minimum atomic E-state index is -0.173. The molecule has 0 aliphatic carbocycles. The average molecular weight is 439 g/mol. The number of ether oxygens (including phenoxy) is 2. The van der Waals surface area contributed by atoms with Crippen LogP contribution in [-0.4, -0.2) is 47.0 Å². The Labute approximate surface area is 190 Å². The summed E-state index contributed by atoms with van der Waals surface area (Å²) in [7, 11) is 0. The quantitative estimate of drug-likeness (QED) is 0.595. The highest BCUT2D eigenvalue weighted by molar-refractivity contribution is 6.04. The van der Waals surface area contributed by atoms with Crippen LogP contribution in [0.3, 0.4) is 0 Å². The van der Waals surface area contributed by atoms with Gasteiger partial charge in [-0.3, -0.25) is 4.79 Å². The fourth-order valence-electron chi connectivity index (χ4n) is 4.47. The van der Waals surface area contributed by atoms with E-state index in [4.69, 9.17) is 9.47 Å². The standard InChI is InChI=1S/C25H34N4O3/c1-18(2)5-4-6-19(3)16-28-13-10-21(11-14-28)29-24(9-12-26-29)27-25(30)20-7-8-22-23(15-20)32-17-31-22/h5,7-9,12,15,19,21H,4,6,10-11,13-14,16-17H2,1-3H3,(H,27,30)/t19-/m0/s1. The zero-order valence-electron chi connectivity index (χ0n) is 19.3. The first-order chi connectivity index (χ1) is 15.5. The molecule has 0 spiro atoms. The number of amides is 1. The van der Waals surface area contributed by atoms with E-state index in [9.17, 15) is 4.79 Å². The number of hydrogen-bond donors (Lipinski definition) is 1. The van der Waals surface area contributed by atoms with Crippen LogP contribution in [0.4, 0.5) is 5.82 Å². The van der Waals surface area contributed by atoms with E-state index in [1.165, 1.54) is 18.4 Å². The molecule has 7 nitrogen and oxygen atoms in total. The van der Waals surface area contributed by atoms with E-state index >= 15 is 0 Å². The van der Waals surface area contributed by atoms with E-state index in [0.717, 1.165) is 38.3 Å². The van der Waals surface area contributed by atoms with Crippen LogP contribution in [0, 0.1) is 5.92 Å². The highest BCUT2D eigenvalue weighted by Crippen LogP contribution is 2.33. The summed E-state index contributed by atoms with van der Waals surface area (Å²) in [6, 6.07) is 7.40. The number of allylic oxidation sites excluding steroid dienone is 2. The van der Waals surface area contributed by atoms with Gasteiger partial charge in [0.1, 0.15) is 5.82 Å². The number of likely N-dealkylation sites (tertiary alicyclic amines) is 1. The molecule has 0 unspecified atom stereocenters. The molecule has 1 aromatic carbocycles. The van der Waals surface area contributed by atoms with Crippen LogP contribution >= 0.6 is 0 Å². The lowest BCUT2D eigenvalue weighted by Gasteiger charge is -2.34. The zero-order chi connectivity index (χ0) is 22.5. The van der Waals surface area contributed by atoms with Gasteiger partial charge in [-0.25, -0.2) is 4.68 Å². The Balaban J connectivity index is 1.29. The number of carbonyl (C=O) groups excluding carboxylic acids is 1. The number of anilines is 1. The van der Waals surface area contributed by atoms with Crippen molar-refractivity contribution < 1.29 is 14.3 Å². The molecule has 1 aromatic heterocycles. The SMILES string of the molecule is CC(C)=CCC[C@H](C)CN1CCC(n2nccc2NC(=O)c2ccc3c(c2)OCO3)CC1. The second-order valence-electron chi connectivity index (χ2n) is 9.18. The topological polar surface area (TPSA) is 68.6 Å². The fourth-order valence-corrected chi connectivity index (χ4v) is 4.47. The Morgan fingerprint density at radius 2 is 2.00 bits per heavy atom. The molecule has 1 fully saturated rings. The lowest BCUT2D eigenvalue weighted by Crippen LogP contribution is -2.37. The molecule has 0 bridgehead atoms. The van der Waals surface area contributed by atoms with Crippen molar-refractivity contribution in [1.29, 1.82) is 0 Å². The van der Waals surface area contributed by atoms with Gasteiger partial charge in [0, 0.05) is 31.3 Å². The molecule has 0 radical (unpaired) electrons. The van der Waals surface area contributed by atoms with Crippen LogP contribution in [0.5, 0.6) is 11.5 Å². The van der Waals surface area contributed by atoms with Crippen LogP contribution in [0.25, 0.3) is 0 Å². The average Bonchev–Trinajstić information content (AvgIpc) is 3.42.